The highest BCUT2D eigenvalue weighted by Crippen LogP contribution is 2.23. The van der Waals surface area contributed by atoms with E-state index in [1.54, 1.807) is 11.3 Å². The lowest BCUT2D eigenvalue weighted by Gasteiger charge is -2.25. The van der Waals surface area contributed by atoms with E-state index in [-0.39, 0.29) is 5.54 Å². The van der Waals surface area contributed by atoms with E-state index in [4.69, 9.17) is 0 Å². The maximum Gasteiger partial charge on any atom is 0.185 e. The van der Waals surface area contributed by atoms with Crippen molar-refractivity contribution in [3.05, 3.63) is 11.1 Å². The number of nitrogens with zero attached hydrogens (tertiary/aromatic N) is 2. The minimum atomic E-state index is -0.620. The lowest BCUT2D eigenvalue weighted by atomic mass is 10.1. The molecule has 1 N–H and O–H groups in total. The molecule has 0 saturated carbocycles. The molecule has 0 amide bonds. The Morgan fingerprint density at radius 1 is 1.44 bits per heavy atom. The molecule has 0 bridgehead atoms. The molecular formula is C12H21N3OS2. The second kappa shape index (κ2) is 5.67. The van der Waals surface area contributed by atoms with E-state index < -0.39 is 10.8 Å². The molecule has 0 spiro atoms. The van der Waals surface area contributed by atoms with E-state index in [0.717, 1.165) is 36.3 Å². The first-order chi connectivity index (χ1) is 8.44. The number of anilines is 1. The Morgan fingerprint density at radius 3 is 2.72 bits per heavy atom. The monoisotopic (exact) mass is 287 g/mol. The Hall–Kier alpha value is -0.460. The molecule has 18 heavy (non-hydrogen) atoms. The highest BCUT2D eigenvalue weighted by atomic mass is 32.2. The molecule has 0 unspecified atom stereocenters. The standard InChI is InChI=1S/C12H21N3OS2/c1-12(2,3)14-9-10-8-13-11(17-10)15-4-6-18(16)7-5-15/h8,14H,4-7,9H2,1-3H3. The zero-order chi connectivity index (χ0) is 13.2. The number of nitrogens with one attached hydrogen (secondary N) is 1. The second-order valence-electron chi connectivity index (χ2n) is 5.55. The van der Waals surface area contributed by atoms with Gasteiger partial charge in [-0.05, 0) is 20.8 Å². The van der Waals surface area contributed by atoms with Gasteiger partial charge in [0, 0.05) is 58.6 Å². The van der Waals surface area contributed by atoms with Crippen LogP contribution in [-0.2, 0) is 17.3 Å². The molecular weight excluding hydrogens is 266 g/mol. The van der Waals surface area contributed by atoms with Gasteiger partial charge in [-0.1, -0.05) is 0 Å². The van der Waals surface area contributed by atoms with E-state index >= 15 is 0 Å². The summed E-state index contributed by atoms with van der Waals surface area (Å²) in [6.07, 6.45) is 1.95. The fourth-order valence-corrected chi connectivity index (χ4v) is 3.66. The topological polar surface area (TPSA) is 45.2 Å². The molecule has 2 heterocycles. The summed E-state index contributed by atoms with van der Waals surface area (Å²) in [6, 6.07) is 0. The second-order valence-corrected chi connectivity index (χ2v) is 8.34. The summed E-state index contributed by atoms with van der Waals surface area (Å²) < 4.78 is 11.3. The normalized spacial score (nSPS) is 18.3. The summed E-state index contributed by atoms with van der Waals surface area (Å²) in [5.41, 5.74) is 0.131. The van der Waals surface area contributed by atoms with E-state index in [1.807, 2.05) is 6.20 Å². The van der Waals surface area contributed by atoms with E-state index in [0.29, 0.717) is 0 Å². The molecule has 1 aromatic heterocycles. The molecule has 0 aromatic carbocycles. The van der Waals surface area contributed by atoms with Crippen LogP contribution in [0.3, 0.4) is 0 Å². The summed E-state index contributed by atoms with van der Waals surface area (Å²) in [5, 5.41) is 4.53. The van der Waals surface area contributed by atoms with E-state index in [9.17, 15) is 4.21 Å². The smallest absolute Gasteiger partial charge is 0.185 e. The summed E-state index contributed by atoms with van der Waals surface area (Å²) in [7, 11) is -0.620. The van der Waals surface area contributed by atoms with E-state index in [1.165, 1.54) is 4.88 Å². The van der Waals surface area contributed by atoms with Gasteiger partial charge in [0.2, 0.25) is 0 Å². The number of rotatable bonds is 3. The van der Waals surface area contributed by atoms with Crippen molar-refractivity contribution < 1.29 is 4.21 Å². The zero-order valence-corrected chi connectivity index (χ0v) is 12.9. The fraction of sp³-hybridized carbons (Fsp3) is 0.750. The third-order valence-corrected chi connectivity index (χ3v) is 5.12. The zero-order valence-electron chi connectivity index (χ0n) is 11.2. The fourth-order valence-electron chi connectivity index (χ4n) is 1.71. The SMILES string of the molecule is CC(C)(C)NCc1cnc(N2CCS(=O)CC2)s1. The predicted octanol–water partition coefficient (Wildman–Crippen LogP) is 1.60. The van der Waals surface area contributed by atoms with Crippen molar-refractivity contribution in [2.75, 3.05) is 29.5 Å². The van der Waals surface area contributed by atoms with Crippen LogP contribution in [0.5, 0.6) is 0 Å². The van der Waals surface area contributed by atoms with Crippen LogP contribution >= 0.6 is 11.3 Å². The lowest BCUT2D eigenvalue weighted by molar-refractivity contribution is 0.426. The van der Waals surface area contributed by atoms with Crippen molar-refractivity contribution in [1.29, 1.82) is 0 Å². The van der Waals surface area contributed by atoms with Crippen LogP contribution in [-0.4, -0.2) is 39.3 Å². The van der Waals surface area contributed by atoms with Gasteiger partial charge in [-0.15, -0.1) is 11.3 Å². The molecule has 1 saturated heterocycles. The summed E-state index contributed by atoms with van der Waals surface area (Å²) in [5.74, 6) is 1.55. The van der Waals surface area contributed by atoms with Crippen molar-refractivity contribution in [2.24, 2.45) is 0 Å². The third kappa shape index (κ3) is 4.03. The average Bonchev–Trinajstić information content (AvgIpc) is 2.75. The third-order valence-electron chi connectivity index (χ3n) is 2.78. The molecule has 1 aliphatic heterocycles. The number of aromatic nitrogens is 1. The Labute approximate surface area is 115 Å². The van der Waals surface area contributed by atoms with Crippen molar-refractivity contribution in [1.82, 2.24) is 10.3 Å². The number of thiazole rings is 1. The first kappa shape index (κ1) is 14.0. The quantitative estimate of drug-likeness (QED) is 0.917. The Morgan fingerprint density at radius 2 is 2.11 bits per heavy atom. The van der Waals surface area contributed by atoms with Crippen molar-refractivity contribution >= 4 is 27.3 Å². The highest BCUT2D eigenvalue weighted by Gasteiger charge is 2.18. The van der Waals surface area contributed by atoms with Crippen LogP contribution in [0.4, 0.5) is 5.13 Å². The van der Waals surface area contributed by atoms with Gasteiger partial charge in [0.05, 0.1) is 0 Å². The first-order valence-corrected chi connectivity index (χ1v) is 8.54. The van der Waals surface area contributed by atoms with Crippen LogP contribution in [0.1, 0.15) is 25.6 Å². The van der Waals surface area contributed by atoms with Gasteiger partial charge < -0.3 is 10.2 Å². The number of hydrogen-bond acceptors (Lipinski definition) is 5. The Balaban J connectivity index is 1.91. The molecule has 102 valence electrons. The van der Waals surface area contributed by atoms with Crippen molar-refractivity contribution in [3.8, 4) is 0 Å². The molecule has 1 fully saturated rings. The summed E-state index contributed by atoms with van der Waals surface area (Å²) in [4.78, 5) is 7.97. The lowest BCUT2D eigenvalue weighted by Crippen LogP contribution is -2.37. The minimum Gasteiger partial charge on any atom is -0.346 e. The van der Waals surface area contributed by atoms with Gasteiger partial charge in [-0.25, -0.2) is 4.98 Å². The van der Waals surface area contributed by atoms with Crippen LogP contribution in [0.15, 0.2) is 6.20 Å². The average molecular weight is 287 g/mol. The predicted molar refractivity (Wildman–Crippen MR) is 78.8 cm³/mol. The van der Waals surface area contributed by atoms with Crippen molar-refractivity contribution in [3.63, 3.8) is 0 Å². The van der Waals surface area contributed by atoms with E-state index in [2.05, 4.69) is 36.0 Å². The molecule has 1 aromatic rings. The van der Waals surface area contributed by atoms with Gasteiger partial charge in [-0.3, -0.25) is 4.21 Å². The summed E-state index contributed by atoms with van der Waals surface area (Å²) in [6.45, 7) is 9.08. The molecule has 1 aliphatic rings. The Kier molecular flexibility index (Phi) is 4.40. The van der Waals surface area contributed by atoms with Gasteiger partial charge in [0.15, 0.2) is 5.13 Å². The van der Waals surface area contributed by atoms with Gasteiger partial charge >= 0.3 is 0 Å². The Bertz CT molecular complexity index is 415. The largest absolute Gasteiger partial charge is 0.346 e. The maximum absolute atomic E-state index is 11.3. The first-order valence-electron chi connectivity index (χ1n) is 6.24. The minimum absolute atomic E-state index is 0.131. The maximum atomic E-state index is 11.3. The molecule has 0 radical (unpaired) electrons. The molecule has 0 aliphatic carbocycles. The molecule has 4 nitrogen and oxygen atoms in total. The van der Waals surface area contributed by atoms with Gasteiger partial charge in [0.1, 0.15) is 0 Å². The van der Waals surface area contributed by atoms with Crippen LogP contribution < -0.4 is 10.2 Å². The highest BCUT2D eigenvalue weighted by molar-refractivity contribution is 7.85. The number of hydrogen-bond donors (Lipinski definition) is 1. The van der Waals surface area contributed by atoms with Crippen LogP contribution in [0.25, 0.3) is 0 Å². The molecule has 6 heteroatoms. The summed E-state index contributed by atoms with van der Waals surface area (Å²) >= 11 is 1.73. The molecule has 2 rings (SSSR count). The van der Waals surface area contributed by atoms with Crippen molar-refractivity contribution in [2.45, 2.75) is 32.9 Å². The van der Waals surface area contributed by atoms with Crippen LogP contribution in [0, 0.1) is 0 Å². The van der Waals surface area contributed by atoms with Gasteiger partial charge in [-0.2, -0.15) is 0 Å². The van der Waals surface area contributed by atoms with Crippen LogP contribution in [0.2, 0.25) is 0 Å². The van der Waals surface area contributed by atoms with Gasteiger partial charge in [0.25, 0.3) is 0 Å². The molecule has 0 atom stereocenters.